The van der Waals surface area contributed by atoms with E-state index in [1.54, 1.807) is 36.4 Å². The van der Waals surface area contributed by atoms with Crippen molar-refractivity contribution in [2.75, 3.05) is 18.8 Å². The Morgan fingerprint density at radius 1 is 1.29 bits per heavy atom. The van der Waals surface area contributed by atoms with Crippen LogP contribution in [0, 0.1) is 5.41 Å². The highest BCUT2D eigenvalue weighted by molar-refractivity contribution is 6.16. The van der Waals surface area contributed by atoms with Gasteiger partial charge in [0.1, 0.15) is 0 Å². The third-order valence-electron chi connectivity index (χ3n) is 3.87. The van der Waals surface area contributed by atoms with E-state index in [0.717, 1.165) is 0 Å². The number of hydrogen-bond acceptors (Lipinski definition) is 6. The van der Waals surface area contributed by atoms with Gasteiger partial charge in [0.15, 0.2) is 5.76 Å². The minimum atomic E-state index is -0.590. The van der Waals surface area contributed by atoms with Crippen molar-refractivity contribution in [3.63, 3.8) is 0 Å². The van der Waals surface area contributed by atoms with Crippen LogP contribution in [0.3, 0.4) is 0 Å². The number of carbonyl (C=O) groups excluding carboxylic acids is 2. The van der Waals surface area contributed by atoms with Crippen LogP contribution in [0.4, 0.5) is 5.69 Å². The zero-order valence-electron chi connectivity index (χ0n) is 15.3. The molecule has 0 radical (unpaired) electrons. The predicted molar refractivity (Wildman–Crippen MR) is 110 cm³/mol. The molecule has 0 unspecified atom stereocenters. The predicted octanol–water partition coefficient (Wildman–Crippen LogP) is 2.47. The van der Waals surface area contributed by atoms with Crippen LogP contribution >= 0.6 is 0 Å². The molecule has 0 saturated heterocycles. The Balaban J connectivity index is 1.97. The first-order valence-corrected chi connectivity index (χ1v) is 8.49. The lowest BCUT2D eigenvalue weighted by atomic mass is 9.98. The summed E-state index contributed by atoms with van der Waals surface area (Å²) in [6.45, 7) is 4.33. The summed E-state index contributed by atoms with van der Waals surface area (Å²) in [5, 5.41) is 11.3. The van der Waals surface area contributed by atoms with Gasteiger partial charge >= 0.3 is 0 Å². The molecule has 28 heavy (non-hydrogen) atoms. The monoisotopic (exact) mass is 378 g/mol. The third kappa shape index (κ3) is 5.39. The van der Waals surface area contributed by atoms with Crippen LogP contribution in [0.25, 0.3) is 0 Å². The Bertz CT molecular complexity index is 941. The summed E-state index contributed by atoms with van der Waals surface area (Å²) in [5.74, 6) is -0.407. The molecule has 2 rings (SSSR count). The number of benzene rings is 1. The van der Waals surface area contributed by atoms with E-state index in [4.69, 9.17) is 21.3 Å². The third-order valence-corrected chi connectivity index (χ3v) is 3.87. The summed E-state index contributed by atoms with van der Waals surface area (Å²) >= 11 is 0. The number of anilines is 1. The van der Waals surface area contributed by atoms with Gasteiger partial charge < -0.3 is 21.2 Å². The van der Waals surface area contributed by atoms with Crippen molar-refractivity contribution < 1.29 is 14.0 Å². The minimum Gasteiger partial charge on any atom is -0.461 e. The summed E-state index contributed by atoms with van der Waals surface area (Å²) < 4.78 is 5.03. The van der Waals surface area contributed by atoms with Crippen molar-refractivity contribution in [3.8, 4) is 0 Å². The van der Waals surface area contributed by atoms with Crippen molar-refractivity contribution in [1.82, 2.24) is 5.32 Å². The summed E-state index contributed by atoms with van der Waals surface area (Å²) in [7, 11) is 0. The summed E-state index contributed by atoms with van der Waals surface area (Å²) in [6.07, 6.45) is 8.22. The molecule has 6 N–H and O–H groups in total. The van der Waals surface area contributed by atoms with Gasteiger partial charge in [0, 0.05) is 23.4 Å². The highest BCUT2D eigenvalue weighted by Gasteiger charge is 2.11. The summed E-state index contributed by atoms with van der Waals surface area (Å²) in [5.41, 5.74) is 12.9. The van der Waals surface area contributed by atoms with E-state index < -0.39 is 5.91 Å². The van der Waals surface area contributed by atoms with Gasteiger partial charge in [-0.05, 0) is 35.9 Å². The van der Waals surface area contributed by atoms with E-state index in [1.807, 2.05) is 0 Å². The Labute approximate surface area is 162 Å². The van der Waals surface area contributed by atoms with Gasteiger partial charge in [0.2, 0.25) is 11.7 Å². The van der Waals surface area contributed by atoms with Crippen LogP contribution in [0.1, 0.15) is 26.5 Å². The van der Waals surface area contributed by atoms with Crippen LogP contribution < -0.4 is 16.8 Å². The Kier molecular flexibility index (Phi) is 7.24. The smallest absolute Gasteiger partial charge is 0.248 e. The molecule has 1 heterocycles. The molecule has 1 amide bonds. The SMILES string of the molecule is C=C/C(=C\C=C/CNCC(=O)c1ccco1)C(=N)c1cc(C(N)=O)ccc1N. The zero-order chi connectivity index (χ0) is 20.5. The molecule has 2 aromatic rings. The summed E-state index contributed by atoms with van der Waals surface area (Å²) in [4.78, 5) is 23.1. The van der Waals surface area contributed by atoms with E-state index in [9.17, 15) is 9.59 Å². The number of primary amides is 1. The molecule has 144 valence electrons. The number of allylic oxidation sites excluding steroid dienone is 4. The number of carbonyl (C=O) groups is 2. The topological polar surface area (TPSA) is 135 Å². The van der Waals surface area contributed by atoms with E-state index >= 15 is 0 Å². The second kappa shape index (κ2) is 9.84. The van der Waals surface area contributed by atoms with Gasteiger partial charge in [-0.15, -0.1) is 0 Å². The molecule has 0 fully saturated rings. The maximum Gasteiger partial charge on any atom is 0.248 e. The first-order valence-electron chi connectivity index (χ1n) is 8.49. The van der Waals surface area contributed by atoms with Crippen LogP contribution in [0.2, 0.25) is 0 Å². The standard InChI is InChI=1S/C21H22N4O3/c1-2-14(20(23)16-12-15(21(24)27)8-9-17(16)22)6-3-4-10-25-13-18(26)19-7-5-11-28-19/h2-9,11-12,23,25H,1,10,13,22H2,(H2,24,27)/b4-3-,14-6+,23-20?. The lowest BCUT2D eigenvalue weighted by Gasteiger charge is -2.09. The second-order valence-electron chi connectivity index (χ2n) is 5.83. The van der Waals surface area contributed by atoms with Crippen LogP contribution in [-0.4, -0.2) is 30.5 Å². The number of hydrogen-bond donors (Lipinski definition) is 4. The van der Waals surface area contributed by atoms with Crippen LogP contribution in [0.15, 0.2) is 77.5 Å². The molecule has 0 bridgehead atoms. The van der Waals surface area contributed by atoms with E-state index in [2.05, 4.69) is 11.9 Å². The zero-order valence-corrected chi connectivity index (χ0v) is 15.3. The maximum atomic E-state index is 11.8. The Morgan fingerprint density at radius 2 is 2.07 bits per heavy atom. The molecule has 0 atom stereocenters. The Morgan fingerprint density at radius 3 is 2.71 bits per heavy atom. The fourth-order valence-electron chi connectivity index (χ4n) is 2.37. The number of ketones is 1. The van der Waals surface area contributed by atoms with Gasteiger partial charge in [0.05, 0.1) is 18.5 Å². The first kappa shape index (κ1) is 20.6. The van der Waals surface area contributed by atoms with Gasteiger partial charge in [-0.25, -0.2) is 0 Å². The fourth-order valence-corrected chi connectivity index (χ4v) is 2.37. The normalized spacial score (nSPS) is 11.5. The first-order chi connectivity index (χ1) is 13.4. The second-order valence-corrected chi connectivity index (χ2v) is 5.83. The lowest BCUT2D eigenvalue weighted by molar-refractivity contribution is 0.0964. The highest BCUT2D eigenvalue weighted by atomic mass is 16.3. The average Bonchev–Trinajstić information content (AvgIpc) is 3.22. The largest absolute Gasteiger partial charge is 0.461 e. The number of nitrogen functional groups attached to an aromatic ring is 1. The van der Waals surface area contributed by atoms with Gasteiger partial charge in [-0.3, -0.25) is 15.0 Å². The Hall–Kier alpha value is -3.71. The van der Waals surface area contributed by atoms with E-state index in [0.29, 0.717) is 29.1 Å². The average molecular weight is 378 g/mol. The number of nitrogens with two attached hydrogens (primary N) is 2. The summed E-state index contributed by atoms with van der Waals surface area (Å²) in [6, 6.07) is 7.82. The lowest BCUT2D eigenvalue weighted by Crippen LogP contribution is -2.22. The van der Waals surface area contributed by atoms with Crippen molar-refractivity contribution in [2.45, 2.75) is 0 Å². The molecule has 0 saturated carbocycles. The molecule has 0 aliphatic rings. The minimum absolute atomic E-state index is 0.126. The molecule has 0 aliphatic heterocycles. The molecular formula is C21H22N4O3. The highest BCUT2D eigenvalue weighted by Crippen LogP contribution is 2.19. The van der Waals surface area contributed by atoms with Crippen LogP contribution in [-0.2, 0) is 0 Å². The van der Waals surface area contributed by atoms with Crippen molar-refractivity contribution >= 4 is 23.1 Å². The maximum absolute atomic E-state index is 11.8. The molecule has 0 aliphatic carbocycles. The number of amides is 1. The molecule has 7 nitrogen and oxygen atoms in total. The van der Waals surface area contributed by atoms with Crippen molar-refractivity contribution in [1.29, 1.82) is 5.41 Å². The molecular weight excluding hydrogens is 356 g/mol. The molecule has 0 spiro atoms. The van der Waals surface area contributed by atoms with E-state index in [1.165, 1.54) is 24.5 Å². The molecule has 7 heteroatoms. The number of furan rings is 1. The quantitative estimate of drug-likeness (QED) is 0.166. The number of nitrogens with one attached hydrogen (secondary N) is 2. The number of Topliss-reactive ketones (excluding diaryl/α,β-unsaturated/α-hetero) is 1. The fraction of sp³-hybridized carbons (Fsp3) is 0.0952. The van der Waals surface area contributed by atoms with E-state index in [-0.39, 0.29) is 23.6 Å². The van der Waals surface area contributed by atoms with Gasteiger partial charge in [0.25, 0.3) is 0 Å². The molecule has 1 aromatic heterocycles. The van der Waals surface area contributed by atoms with Crippen molar-refractivity contribution in [2.24, 2.45) is 5.73 Å². The van der Waals surface area contributed by atoms with Crippen LogP contribution in [0.5, 0.6) is 0 Å². The van der Waals surface area contributed by atoms with Gasteiger partial charge in [-0.1, -0.05) is 30.9 Å². The number of rotatable bonds is 10. The van der Waals surface area contributed by atoms with Crippen molar-refractivity contribution in [3.05, 3.63) is 89.9 Å². The van der Waals surface area contributed by atoms with Gasteiger partial charge in [-0.2, -0.15) is 0 Å². The molecule has 1 aromatic carbocycles.